The molecule has 0 N–H and O–H groups in total. The van der Waals surface area contributed by atoms with E-state index in [0.29, 0.717) is 17.3 Å². The van der Waals surface area contributed by atoms with Crippen LogP contribution in [0.25, 0.3) is 23.0 Å². The zero-order chi connectivity index (χ0) is 23.5. The van der Waals surface area contributed by atoms with E-state index in [-0.39, 0.29) is 11.3 Å². The summed E-state index contributed by atoms with van der Waals surface area (Å²) in [5, 5.41) is 8.55. The Bertz CT molecular complexity index is 1380. The number of hydrogen-bond donors (Lipinski definition) is 0. The van der Waals surface area contributed by atoms with Crippen molar-refractivity contribution in [2.45, 2.75) is 38.1 Å². The van der Waals surface area contributed by atoms with E-state index in [9.17, 15) is 13.2 Å². The summed E-state index contributed by atoms with van der Waals surface area (Å²) < 4.78 is 45.7. The quantitative estimate of drug-likeness (QED) is 0.447. The van der Waals surface area contributed by atoms with Gasteiger partial charge in [0.1, 0.15) is 29.1 Å². The highest BCUT2D eigenvalue weighted by Gasteiger charge is 2.49. The third-order valence-electron chi connectivity index (χ3n) is 6.47. The molecule has 174 valence electrons. The van der Waals surface area contributed by atoms with Crippen LogP contribution < -0.4 is 9.64 Å². The van der Waals surface area contributed by atoms with Gasteiger partial charge in [-0.2, -0.15) is 4.98 Å². The summed E-state index contributed by atoms with van der Waals surface area (Å²) >= 11 is 0. The second-order valence-corrected chi connectivity index (χ2v) is 8.24. The summed E-state index contributed by atoms with van der Waals surface area (Å²) in [6, 6.07) is 5.67. The Labute approximate surface area is 191 Å². The van der Waals surface area contributed by atoms with Crippen molar-refractivity contribution in [2.75, 3.05) is 11.4 Å². The zero-order valence-corrected chi connectivity index (χ0v) is 18.1. The molecule has 1 saturated heterocycles. The van der Waals surface area contributed by atoms with Gasteiger partial charge in [0, 0.05) is 24.5 Å². The van der Waals surface area contributed by atoms with Crippen molar-refractivity contribution < 1.29 is 17.9 Å². The maximum absolute atomic E-state index is 12.7. The smallest absolute Gasteiger partial charge is 0.406 e. The van der Waals surface area contributed by atoms with Crippen LogP contribution in [0.15, 0.2) is 49.2 Å². The predicted octanol–water partition coefficient (Wildman–Crippen LogP) is 4.03. The Hall–Kier alpha value is -3.96. The number of benzene rings is 1. The van der Waals surface area contributed by atoms with Gasteiger partial charge in [0.05, 0.1) is 6.20 Å². The van der Waals surface area contributed by atoms with Gasteiger partial charge >= 0.3 is 6.36 Å². The molecule has 0 unspecified atom stereocenters. The standard InChI is InChI=1S/C22H19F3N8O/c1-2-21-7-4-9-33(21)18-16(32-13-28-30-19(21)32)12-27-20(29-18)31-10-8-26-17(31)14-5-3-6-15(11-14)34-22(23,24)25/h3,5-6,8,10-13H,2,4,7,9H2,1H3/t21-/m0/s1. The fraction of sp³-hybridized carbons (Fsp3) is 0.318. The number of fused-ring (bicyclic) bond motifs is 6. The van der Waals surface area contributed by atoms with Gasteiger partial charge in [0.25, 0.3) is 0 Å². The van der Waals surface area contributed by atoms with Gasteiger partial charge in [-0.15, -0.1) is 23.4 Å². The first-order chi connectivity index (χ1) is 16.4. The van der Waals surface area contributed by atoms with E-state index >= 15 is 0 Å². The third kappa shape index (κ3) is 3.05. The molecule has 4 aromatic rings. The van der Waals surface area contributed by atoms with Crippen molar-refractivity contribution in [3.05, 3.63) is 55.0 Å². The molecule has 0 bridgehead atoms. The minimum absolute atomic E-state index is 0.282. The maximum atomic E-state index is 12.7. The lowest BCUT2D eigenvalue weighted by Gasteiger charge is -2.42. The van der Waals surface area contributed by atoms with E-state index in [1.807, 2.05) is 4.57 Å². The molecule has 9 nitrogen and oxygen atoms in total. The summed E-state index contributed by atoms with van der Waals surface area (Å²) in [5.41, 5.74) is 0.950. The molecule has 1 atom stereocenters. The van der Waals surface area contributed by atoms with Crippen molar-refractivity contribution in [3.63, 3.8) is 0 Å². The minimum Gasteiger partial charge on any atom is -0.406 e. The normalized spacial score (nSPS) is 19.0. The summed E-state index contributed by atoms with van der Waals surface area (Å²) in [6.45, 7) is 2.96. The van der Waals surface area contributed by atoms with Crippen molar-refractivity contribution in [1.82, 2.24) is 34.3 Å². The van der Waals surface area contributed by atoms with Crippen molar-refractivity contribution in [1.29, 1.82) is 0 Å². The van der Waals surface area contributed by atoms with Crippen molar-refractivity contribution in [3.8, 4) is 28.8 Å². The minimum atomic E-state index is -4.78. The lowest BCUT2D eigenvalue weighted by atomic mass is 9.90. The summed E-state index contributed by atoms with van der Waals surface area (Å²) in [7, 11) is 0. The number of halogens is 3. The topological polar surface area (TPSA) is 86.8 Å². The van der Waals surface area contributed by atoms with E-state index in [2.05, 4.69) is 36.7 Å². The fourth-order valence-electron chi connectivity index (χ4n) is 5.03. The second-order valence-electron chi connectivity index (χ2n) is 8.24. The number of anilines is 1. The highest BCUT2D eigenvalue weighted by atomic mass is 19.4. The van der Waals surface area contributed by atoms with Crippen LogP contribution in [0.2, 0.25) is 0 Å². The van der Waals surface area contributed by atoms with Gasteiger partial charge in [-0.25, -0.2) is 9.97 Å². The monoisotopic (exact) mass is 468 g/mol. The molecule has 0 saturated carbocycles. The molecule has 3 aromatic heterocycles. The SMILES string of the molecule is CC[C@@]12CCCN1c1nc(-n3ccnc3-c3cccc(OC(F)(F)F)c3)ncc1-n1cnnc12. The molecular weight excluding hydrogens is 449 g/mol. The van der Waals surface area contributed by atoms with Crippen LogP contribution in [0.4, 0.5) is 19.0 Å². The lowest BCUT2D eigenvalue weighted by Crippen LogP contribution is -2.46. The van der Waals surface area contributed by atoms with E-state index in [0.717, 1.165) is 43.1 Å². The Balaban J connectivity index is 1.44. The van der Waals surface area contributed by atoms with Gasteiger partial charge in [-0.05, 0) is 31.4 Å². The number of hydrogen-bond acceptors (Lipinski definition) is 7. The maximum Gasteiger partial charge on any atom is 0.573 e. The van der Waals surface area contributed by atoms with Gasteiger partial charge in [0.15, 0.2) is 11.6 Å². The average Bonchev–Trinajstić information content (AvgIpc) is 3.57. The molecule has 6 rings (SSSR count). The van der Waals surface area contributed by atoms with Crippen LogP contribution in [0, 0.1) is 0 Å². The molecule has 12 heteroatoms. The van der Waals surface area contributed by atoms with Gasteiger partial charge in [0.2, 0.25) is 5.95 Å². The molecule has 1 aromatic carbocycles. The average molecular weight is 468 g/mol. The number of rotatable bonds is 4. The lowest BCUT2D eigenvalue weighted by molar-refractivity contribution is -0.274. The molecular formula is C22H19F3N8O. The van der Waals surface area contributed by atoms with E-state index in [1.165, 1.54) is 18.2 Å². The van der Waals surface area contributed by atoms with Crippen LogP contribution in [-0.4, -0.2) is 47.2 Å². The van der Waals surface area contributed by atoms with Gasteiger partial charge in [-0.3, -0.25) is 9.13 Å². The molecule has 2 aliphatic heterocycles. The largest absolute Gasteiger partial charge is 0.573 e. The van der Waals surface area contributed by atoms with Crippen LogP contribution >= 0.6 is 0 Å². The van der Waals surface area contributed by atoms with Gasteiger partial charge in [-0.1, -0.05) is 19.1 Å². The molecule has 1 fully saturated rings. The molecule has 0 aliphatic carbocycles. The molecule has 0 amide bonds. The Kier molecular flexibility index (Phi) is 4.41. The van der Waals surface area contributed by atoms with Crippen LogP contribution in [0.5, 0.6) is 5.75 Å². The number of nitrogens with zero attached hydrogens (tertiary/aromatic N) is 8. The van der Waals surface area contributed by atoms with Crippen LogP contribution in [0.3, 0.4) is 0 Å². The molecule has 2 aliphatic rings. The highest BCUT2D eigenvalue weighted by molar-refractivity contribution is 5.65. The Morgan fingerprint density at radius 1 is 1.18 bits per heavy atom. The van der Waals surface area contributed by atoms with Crippen LogP contribution in [-0.2, 0) is 5.54 Å². The first kappa shape index (κ1) is 20.6. The zero-order valence-electron chi connectivity index (χ0n) is 18.1. The summed E-state index contributed by atoms with van der Waals surface area (Å²) in [6.07, 6.45) is 4.66. The molecule has 5 heterocycles. The van der Waals surface area contributed by atoms with Gasteiger partial charge < -0.3 is 9.64 Å². The second kappa shape index (κ2) is 7.27. The fourth-order valence-corrected chi connectivity index (χ4v) is 5.03. The summed E-state index contributed by atoms with van der Waals surface area (Å²) in [5.74, 6) is 2.10. The first-order valence-electron chi connectivity index (χ1n) is 10.8. The number of ether oxygens (including phenoxy) is 1. The number of imidazole rings is 1. The van der Waals surface area contributed by atoms with Crippen molar-refractivity contribution >= 4 is 5.82 Å². The predicted molar refractivity (Wildman–Crippen MR) is 115 cm³/mol. The van der Waals surface area contributed by atoms with Crippen LogP contribution in [0.1, 0.15) is 32.0 Å². The first-order valence-corrected chi connectivity index (χ1v) is 10.8. The van der Waals surface area contributed by atoms with E-state index in [4.69, 9.17) is 4.98 Å². The third-order valence-corrected chi connectivity index (χ3v) is 6.47. The Morgan fingerprint density at radius 2 is 2.06 bits per heavy atom. The Morgan fingerprint density at radius 3 is 2.88 bits per heavy atom. The molecule has 34 heavy (non-hydrogen) atoms. The van der Waals surface area contributed by atoms with E-state index in [1.54, 1.807) is 35.6 Å². The highest BCUT2D eigenvalue weighted by Crippen LogP contribution is 2.48. The molecule has 0 radical (unpaired) electrons. The summed E-state index contributed by atoms with van der Waals surface area (Å²) in [4.78, 5) is 16.0. The van der Waals surface area contributed by atoms with E-state index < -0.39 is 6.36 Å². The molecule has 0 spiro atoms. The number of alkyl halides is 3. The van der Waals surface area contributed by atoms with Crippen molar-refractivity contribution in [2.24, 2.45) is 0 Å². The number of aromatic nitrogens is 7.